The lowest BCUT2D eigenvalue weighted by Crippen LogP contribution is -2.59. The number of nitrogens with one attached hydrogen (secondary N) is 3. The Labute approximate surface area is 245 Å². The van der Waals surface area contributed by atoms with Gasteiger partial charge in [-0.05, 0) is 73.5 Å². The smallest absolute Gasteiger partial charge is 0.326 e. The number of amides is 3. The molecule has 0 saturated carbocycles. The molecule has 0 aliphatic carbocycles. The number of aliphatic carboxylic acids is 1. The van der Waals surface area contributed by atoms with E-state index in [1.54, 1.807) is 31.2 Å². The summed E-state index contributed by atoms with van der Waals surface area (Å²) in [5.41, 5.74) is 13.0. The second kappa shape index (κ2) is 16.9. The Bertz CT molecular complexity index is 1170. The third-order valence-electron chi connectivity index (χ3n) is 7.09. The Morgan fingerprint density at radius 1 is 0.762 bits per heavy atom. The van der Waals surface area contributed by atoms with Gasteiger partial charge >= 0.3 is 5.97 Å². The van der Waals surface area contributed by atoms with E-state index in [0.717, 1.165) is 5.56 Å². The number of nitrogens with two attached hydrogens (primary N) is 2. The van der Waals surface area contributed by atoms with Crippen LogP contribution in [0.4, 0.5) is 0 Å². The molecule has 2 rings (SSSR count). The summed E-state index contributed by atoms with van der Waals surface area (Å²) in [6.45, 7) is 4.00. The molecule has 230 valence electrons. The highest BCUT2D eigenvalue weighted by atomic mass is 16.4. The molecule has 0 aliphatic heterocycles. The Hall–Kier alpha value is -4.16. The summed E-state index contributed by atoms with van der Waals surface area (Å²) in [6, 6.07) is 7.94. The van der Waals surface area contributed by atoms with Crippen LogP contribution in [-0.2, 0) is 32.0 Å². The minimum absolute atomic E-state index is 0.0286. The molecule has 12 heteroatoms. The van der Waals surface area contributed by atoms with Gasteiger partial charge < -0.3 is 42.7 Å². The summed E-state index contributed by atoms with van der Waals surface area (Å²) in [5.74, 6) is -3.30. The van der Waals surface area contributed by atoms with E-state index in [1.807, 2.05) is 6.92 Å². The van der Waals surface area contributed by atoms with Gasteiger partial charge in [-0.25, -0.2) is 4.79 Å². The van der Waals surface area contributed by atoms with Crippen LogP contribution in [0.5, 0.6) is 11.5 Å². The number of carbonyl (C=O) groups excluding carboxylic acids is 3. The predicted molar refractivity (Wildman–Crippen MR) is 157 cm³/mol. The molecule has 10 N–H and O–H groups in total. The molecular weight excluding hydrogens is 542 g/mol. The van der Waals surface area contributed by atoms with Gasteiger partial charge in [-0.1, -0.05) is 44.5 Å². The van der Waals surface area contributed by atoms with Crippen molar-refractivity contribution in [3.63, 3.8) is 0 Å². The molecule has 0 bridgehead atoms. The van der Waals surface area contributed by atoms with Gasteiger partial charge in [0.2, 0.25) is 17.7 Å². The molecule has 0 radical (unpaired) electrons. The summed E-state index contributed by atoms with van der Waals surface area (Å²) >= 11 is 0. The van der Waals surface area contributed by atoms with Crippen LogP contribution >= 0.6 is 0 Å². The summed E-state index contributed by atoms with van der Waals surface area (Å²) < 4.78 is 0. The van der Waals surface area contributed by atoms with Crippen LogP contribution < -0.4 is 27.4 Å². The third-order valence-corrected chi connectivity index (χ3v) is 7.09. The van der Waals surface area contributed by atoms with E-state index in [1.165, 1.54) is 24.3 Å². The van der Waals surface area contributed by atoms with Crippen LogP contribution in [0.3, 0.4) is 0 Å². The van der Waals surface area contributed by atoms with Crippen molar-refractivity contribution in [2.45, 2.75) is 76.5 Å². The second-order valence-corrected chi connectivity index (χ2v) is 10.5. The first-order chi connectivity index (χ1) is 19.9. The highest BCUT2D eigenvalue weighted by Gasteiger charge is 2.32. The van der Waals surface area contributed by atoms with Gasteiger partial charge in [-0.15, -0.1) is 0 Å². The summed E-state index contributed by atoms with van der Waals surface area (Å²) in [7, 11) is 0. The molecule has 5 unspecified atom stereocenters. The van der Waals surface area contributed by atoms with Gasteiger partial charge in [-0.3, -0.25) is 14.4 Å². The summed E-state index contributed by atoms with van der Waals surface area (Å²) in [5, 5.41) is 36.6. The number of rotatable bonds is 17. The zero-order valence-electron chi connectivity index (χ0n) is 24.1. The van der Waals surface area contributed by atoms with Gasteiger partial charge in [0.05, 0.1) is 6.04 Å². The maximum Gasteiger partial charge on any atom is 0.326 e. The molecule has 2 aromatic carbocycles. The fraction of sp³-hybridized carbons (Fsp3) is 0.467. The number of unbranched alkanes of at least 4 members (excludes halogenated alkanes) is 1. The normalized spacial score (nSPS) is 14.6. The first-order valence-corrected chi connectivity index (χ1v) is 14.1. The number of benzene rings is 2. The topological polar surface area (TPSA) is 217 Å². The standard InChI is InChI=1S/C30H43N5O7/c1-3-18(2)26(29(40)34-25(30(41)42)17-20-9-13-22(37)14-10-20)35-28(39)24(6-4-5-15-31)33-27(38)23(32)16-19-7-11-21(36)12-8-19/h7-14,18,23-26,36-37H,3-6,15-17,31-32H2,1-2H3,(H,33,38)(H,34,40)(H,35,39)(H,41,42). The largest absolute Gasteiger partial charge is 0.508 e. The number of phenols is 2. The molecular formula is C30H43N5O7. The average Bonchev–Trinajstić information content (AvgIpc) is 2.96. The Kier molecular flexibility index (Phi) is 13.7. The lowest BCUT2D eigenvalue weighted by Gasteiger charge is -2.28. The van der Waals surface area contributed by atoms with Crippen LogP contribution in [0.2, 0.25) is 0 Å². The van der Waals surface area contributed by atoms with E-state index in [0.29, 0.717) is 31.4 Å². The van der Waals surface area contributed by atoms with Crippen molar-refractivity contribution in [1.29, 1.82) is 0 Å². The van der Waals surface area contributed by atoms with Crippen molar-refractivity contribution in [2.75, 3.05) is 6.54 Å². The first kappa shape index (κ1) is 34.0. The molecule has 2 aromatic rings. The number of aromatic hydroxyl groups is 2. The molecule has 0 fully saturated rings. The van der Waals surface area contributed by atoms with Crippen LogP contribution in [0.15, 0.2) is 48.5 Å². The third kappa shape index (κ3) is 11.0. The van der Waals surface area contributed by atoms with Crippen molar-refractivity contribution >= 4 is 23.7 Å². The lowest BCUT2D eigenvalue weighted by atomic mass is 9.96. The van der Waals surface area contributed by atoms with Gasteiger partial charge in [0.15, 0.2) is 0 Å². The van der Waals surface area contributed by atoms with Crippen molar-refractivity contribution in [3.05, 3.63) is 59.7 Å². The Morgan fingerprint density at radius 3 is 1.79 bits per heavy atom. The second-order valence-electron chi connectivity index (χ2n) is 10.5. The van der Waals surface area contributed by atoms with Gasteiger partial charge in [0.25, 0.3) is 0 Å². The molecule has 0 aliphatic rings. The van der Waals surface area contributed by atoms with Gasteiger partial charge in [0.1, 0.15) is 29.6 Å². The number of phenolic OH excluding ortho intramolecular Hbond substituents is 2. The molecule has 5 atom stereocenters. The summed E-state index contributed by atoms with van der Waals surface area (Å²) in [4.78, 5) is 51.6. The Balaban J connectivity index is 2.15. The van der Waals surface area contributed by atoms with Crippen molar-refractivity contribution < 1.29 is 34.5 Å². The van der Waals surface area contributed by atoms with Crippen LogP contribution in [0.25, 0.3) is 0 Å². The Morgan fingerprint density at radius 2 is 1.29 bits per heavy atom. The van der Waals surface area contributed by atoms with Crippen LogP contribution in [0.1, 0.15) is 50.7 Å². The highest BCUT2D eigenvalue weighted by molar-refractivity contribution is 5.94. The number of hydrogen-bond acceptors (Lipinski definition) is 8. The minimum Gasteiger partial charge on any atom is -0.508 e. The fourth-order valence-electron chi connectivity index (χ4n) is 4.30. The zero-order valence-corrected chi connectivity index (χ0v) is 24.1. The predicted octanol–water partition coefficient (Wildman–Crippen LogP) is 0.924. The number of carboxylic acids is 1. The van der Waals surface area contributed by atoms with Crippen molar-refractivity contribution in [2.24, 2.45) is 17.4 Å². The molecule has 0 saturated heterocycles. The molecule has 0 spiro atoms. The highest BCUT2D eigenvalue weighted by Crippen LogP contribution is 2.14. The number of hydrogen-bond donors (Lipinski definition) is 8. The van der Waals surface area contributed by atoms with E-state index in [9.17, 15) is 34.5 Å². The van der Waals surface area contributed by atoms with Gasteiger partial charge in [-0.2, -0.15) is 0 Å². The fourth-order valence-corrected chi connectivity index (χ4v) is 4.30. The van der Waals surface area contributed by atoms with E-state index < -0.39 is 47.9 Å². The van der Waals surface area contributed by atoms with Crippen LogP contribution in [0, 0.1) is 5.92 Å². The molecule has 12 nitrogen and oxygen atoms in total. The average molecular weight is 586 g/mol. The number of carbonyl (C=O) groups is 4. The van der Waals surface area contributed by atoms with E-state index in [2.05, 4.69) is 16.0 Å². The van der Waals surface area contributed by atoms with E-state index >= 15 is 0 Å². The number of carboxylic acid groups (broad SMARTS) is 1. The van der Waals surface area contributed by atoms with Crippen molar-refractivity contribution in [1.82, 2.24) is 16.0 Å². The SMILES string of the molecule is CCC(C)C(NC(=O)C(CCCCN)NC(=O)C(N)Cc1ccc(O)cc1)C(=O)NC(Cc1ccc(O)cc1)C(=O)O. The quantitative estimate of drug-likeness (QED) is 0.124. The zero-order chi connectivity index (χ0) is 31.2. The lowest BCUT2D eigenvalue weighted by molar-refractivity contribution is -0.142. The molecule has 0 aromatic heterocycles. The van der Waals surface area contributed by atoms with Gasteiger partial charge in [0, 0.05) is 6.42 Å². The molecule has 42 heavy (non-hydrogen) atoms. The monoisotopic (exact) mass is 585 g/mol. The van der Waals surface area contributed by atoms with E-state index in [4.69, 9.17) is 11.5 Å². The van der Waals surface area contributed by atoms with Crippen molar-refractivity contribution in [3.8, 4) is 11.5 Å². The minimum atomic E-state index is -1.27. The first-order valence-electron chi connectivity index (χ1n) is 14.1. The maximum absolute atomic E-state index is 13.4. The molecule has 3 amide bonds. The summed E-state index contributed by atoms with van der Waals surface area (Å²) in [6.07, 6.45) is 2.07. The van der Waals surface area contributed by atoms with E-state index in [-0.39, 0.29) is 36.7 Å². The molecule has 0 heterocycles. The van der Waals surface area contributed by atoms with Crippen LogP contribution in [-0.4, -0.2) is 69.7 Å². The maximum atomic E-state index is 13.4.